The zero-order valence-electron chi connectivity index (χ0n) is 16.0. The molecule has 27 heavy (non-hydrogen) atoms. The van der Waals surface area contributed by atoms with Gasteiger partial charge in [-0.3, -0.25) is 4.79 Å². The first-order chi connectivity index (χ1) is 12.8. The van der Waals surface area contributed by atoms with E-state index in [9.17, 15) is 4.79 Å². The monoisotopic (exact) mass is 402 g/mol. The molecule has 0 aliphatic rings. The second kappa shape index (κ2) is 7.97. The highest BCUT2D eigenvalue weighted by atomic mass is 35.5. The van der Waals surface area contributed by atoms with Crippen LogP contribution in [0.25, 0.3) is 10.2 Å². The molecule has 0 unspecified atom stereocenters. The Hall–Kier alpha value is -1.95. The standard InChI is InChI=1S/C21H23ClN2O2S/c1-21(2,3)15-7-5-14(6-8-15)19(25)23-20-24(11-12-26-4)17-10-9-16(22)13-18(17)27-20/h5-10,13H,11-12H2,1-4H3. The minimum absolute atomic E-state index is 0.0483. The number of thiazole rings is 1. The van der Waals surface area contributed by atoms with Crippen LogP contribution in [0.4, 0.5) is 0 Å². The zero-order chi connectivity index (χ0) is 19.6. The Morgan fingerprint density at radius 1 is 1.19 bits per heavy atom. The number of halogens is 1. The molecule has 4 nitrogen and oxygen atoms in total. The van der Waals surface area contributed by atoms with Crippen molar-refractivity contribution >= 4 is 39.1 Å². The molecule has 0 atom stereocenters. The molecular formula is C21H23ClN2O2S. The van der Waals surface area contributed by atoms with E-state index in [-0.39, 0.29) is 11.3 Å². The van der Waals surface area contributed by atoms with E-state index in [0.717, 1.165) is 10.2 Å². The van der Waals surface area contributed by atoms with Crippen molar-refractivity contribution in [3.8, 4) is 0 Å². The molecule has 0 saturated carbocycles. The number of aromatic nitrogens is 1. The molecule has 0 spiro atoms. The number of hydrogen-bond acceptors (Lipinski definition) is 3. The smallest absolute Gasteiger partial charge is 0.279 e. The molecule has 2 aromatic carbocycles. The molecule has 0 aliphatic heterocycles. The summed E-state index contributed by atoms with van der Waals surface area (Å²) < 4.78 is 8.20. The number of carbonyl (C=O) groups excluding carboxylic acids is 1. The number of fused-ring (bicyclic) bond motifs is 1. The maximum absolute atomic E-state index is 12.7. The summed E-state index contributed by atoms with van der Waals surface area (Å²) in [6.45, 7) is 7.60. The minimum atomic E-state index is -0.251. The van der Waals surface area contributed by atoms with E-state index in [1.807, 2.05) is 47.0 Å². The zero-order valence-corrected chi connectivity index (χ0v) is 17.5. The van der Waals surface area contributed by atoms with Gasteiger partial charge >= 0.3 is 0 Å². The predicted octanol–water partition coefficient (Wildman–Crippen LogP) is 5.04. The highest BCUT2D eigenvalue weighted by Gasteiger charge is 2.14. The van der Waals surface area contributed by atoms with Gasteiger partial charge in [0.2, 0.25) is 0 Å². The van der Waals surface area contributed by atoms with Crippen molar-refractivity contribution < 1.29 is 9.53 Å². The van der Waals surface area contributed by atoms with Gasteiger partial charge in [0.25, 0.3) is 5.91 Å². The van der Waals surface area contributed by atoms with Gasteiger partial charge in [-0.2, -0.15) is 4.99 Å². The lowest BCUT2D eigenvalue weighted by Gasteiger charge is -2.18. The summed E-state index contributed by atoms with van der Waals surface area (Å²) in [5.74, 6) is -0.251. The molecule has 6 heteroatoms. The quantitative estimate of drug-likeness (QED) is 0.613. The van der Waals surface area contributed by atoms with Crippen LogP contribution in [0.2, 0.25) is 5.02 Å². The summed E-state index contributed by atoms with van der Waals surface area (Å²) in [4.78, 5) is 17.7. The molecule has 1 heterocycles. The van der Waals surface area contributed by atoms with E-state index in [1.54, 1.807) is 7.11 Å². The molecular weight excluding hydrogens is 380 g/mol. The van der Waals surface area contributed by atoms with Gasteiger partial charge in [-0.15, -0.1) is 0 Å². The fraction of sp³-hybridized carbons (Fsp3) is 0.333. The van der Waals surface area contributed by atoms with Crippen molar-refractivity contribution in [1.29, 1.82) is 0 Å². The van der Waals surface area contributed by atoms with Crippen molar-refractivity contribution in [2.75, 3.05) is 13.7 Å². The lowest BCUT2D eigenvalue weighted by atomic mass is 9.87. The normalized spacial score (nSPS) is 12.7. The van der Waals surface area contributed by atoms with Crippen LogP contribution in [-0.2, 0) is 16.7 Å². The van der Waals surface area contributed by atoms with E-state index < -0.39 is 0 Å². The van der Waals surface area contributed by atoms with Crippen molar-refractivity contribution in [3.05, 3.63) is 63.4 Å². The Labute approximate surface area is 168 Å². The number of rotatable bonds is 4. The third-order valence-electron chi connectivity index (χ3n) is 4.36. The second-order valence-corrected chi connectivity index (χ2v) is 8.83. The molecule has 0 N–H and O–H groups in total. The van der Waals surface area contributed by atoms with Gasteiger partial charge in [-0.05, 0) is 41.3 Å². The van der Waals surface area contributed by atoms with Crippen LogP contribution in [0.5, 0.6) is 0 Å². The number of carbonyl (C=O) groups is 1. The van der Waals surface area contributed by atoms with Crippen LogP contribution in [0.15, 0.2) is 47.5 Å². The highest BCUT2D eigenvalue weighted by Crippen LogP contribution is 2.23. The molecule has 0 fully saturated rings. The number of amides is 1. The lowest BCUT2D eigenvalue weighted by molar-refractivity contribution is 0.0997. The van der Waals surface area contributed by atoms with E-state index >= 15 is 0 Å². The van der Waals surface area contributed by atoms with Crippen LogP contribution in [0.1, 0.15) is 36.7 Å². The first-order valence-corrected chi connectivity index (χ1v) is 9.96. The summed E-state index contributed by atoms with van der Waals surface area (Å²) in [5, 5.41) is 0.665. The van der Waals surface area contributed by atoms with Crippen LogP contribution in [0, 0.1) is 0 Å². The largest absolute Gasteiger partial charge is 0.383 e. The molecule has 1 aromatic heterocycles. The summed E-state index contributed by atoms with van der Waals surface area (Å²) in [5.41, 5.74) is 2.81. The molecule has 0 bridgehead atoms. The van der Waals surface area contributed by atoms with Crippen LogP contribution < -0.4 is 4.80 Å². The Balaban J connectivity index is 2.02. The summed E-state index contributed by atoms with van der Waals surface area (Å²) in [6.07, 6.45) is 0. The van der Waals surface area contributed by atoms with Crippen LogP contribution in [-0.4, -0.2) is 24.2 Å². The summed E-state index contributed by atoms with van der Waals surface area (Å²) in [7, 11) is 1.66. The Bertz CT molecular complexity index is 1030. The lowest BCUT2D eigenvalue weighted by Crippen LogP contribution is -2.19. The number of methoxy groups -OCH3 is 1. The van der Waals surface area contributed by atoms with Crippen molar-refractivity contribution in [2.24, 2.45) is 4.99 Å². The van der Waals surface area contributed by atoms with Gasteiger partial charge in [-0.1, -0.05) is 55.8 Å². The third kappa shape index (κ3) is 4.49. The van der Waals surface area contributed by atoms with Crippen molar-refractivity contribution in [3.63, 3.8) is 0 Å². The number of benzene rings is 2. The molecule has 142 valence electrons. The van der Waals surface area contributed by atoms with Gasteiger partial charge in [0.1, 0.15) is 0 Å². The Kier molecular flexibility index (Phi) is 5.84. The molecule has 0 aliphatic carbocycles. The minimum Gasteiger partial charge on any atom is -0.383 e. The fourth-order valence-electron chi connectivity index (χ4n) is 2.80. The van der Waals surface area contributed by atoms with Crippen LogP contribution in [0.3, 0.4) is 0 Å². The van der Waals surface area contributed by atoms with Crippen molar-refractivity contribution in [1.82, 2.24) is 4.57 Å². The average molecular weight is 403 g/mol. The average Bonchev–Trinajstić information content (AvgIpc) is 2.95. The molecule has 1 amide bonds. The Morgan fingerprint density at radius 2 is 1.89 bits per heavy atom. The number of ether oxygens (including phenoxy) is 1. The summed E-state index contributed by atoms with van der Waals surface area (Å²) >= 11 is 7.57. The van der Waals surface area contributed by atoms with Gasteiger partial charge in [0.05, 0.1) is 16.8 Å². The number of hydrogen-bond donors (Lipinski definition) is 0. The van der Waals surface area contributed by atoms with Gasteiger partial charge in [-0.25, -0.2) is 0 Å². The number of nitrogens with zero attached hydrogens (tertiary/aromatic N) is 2. The third-order valence-corrected chi connectivity index (χ3v) is 5.64. The molecule has 3 aromatic rings. The van der Waals surface area contributed by atoms with Gasteiger partial charge in [0.15, 0.2) is 4.80 Å². The van der Waals surface area contributed by atoms with Crippen LogP contribution >= 0.6 is 22.9 Å². The van der Waals surface area contributed by atoms with E-state index in [0.29, 0.717) is 28.5 Å². The van der Waals surface area contributed by atoms with Gasteiger partial charge < -0.3 is 9.30 Å². The topological polar surface area (TPSA) is 43.6 Å². The molecule has 0 radical (unpaired) electrons. The van der Waals surface area contributed by atoms with Gasteiger partial charge in [0, 0.05) is 24.2 Å². The highest BCUT2D eigenvalue weighted by molar-refractivity contribution is 7.16. The van der Waals surface area contributed by atoms with E-state index in [4.69, 9.17) is 16.3 Å². The van der Waals surface area contributed by atoms with E-state index in [2.05, 4.69) is 25.8 Å². The Morgan fingerprint density at radius 3 is 2.52 bits per heavy atom. The SMILES string of the molecule is COCCn1c(=NC(=O)c2ccc(C(C)(C)C)cc2)sc2cc(Cl)ccc21. The summed E-state index contributed by atoms with van der Waals surface area (Å²) in [6, 6.07) is 13.4. The first-order valence-electron chi connectivity index (χ1n) is 8.77. The molecule has 3 rings (SSSR count). The predicted molar refractivity (Wildman–Crippen MR) is 112 cm³/mol. The fourth-order valence-corrected chi connectivity index (χ4v) is 4.13. The molecule has 0 saturated heterocycles. The second-order valence-electron chi connectivity index (χ2n) is 7.39. The maximum atomic E-state index is 12.7. The maximum Gasteiger partial charge on any atom is 0.279 e. The first kappa shape index (κ1) is 19.8. The van der Waals surface area contributed by atoms with Crippen molar-refractivity contribution in [2.45, 2.75) is 32.7 Å². The van der Waals surface area contributed by atoms with E-state index in [1.165, 1.54) is 16.9 Å².